The molecule has 0 N–H and O–H groups in total. The van der Waals surface area contributed by atoms with Crippen LogP contribution in [0.25, 0.3) is 44.1 Å². The molecule has 0 saturated heterocycles. The maximum absolute atomic E-state index is 13.6. The summed E-state index contributed by atoms with van der Waals surface area (Å²) < 4.78 is 19.7. The molecule has 5 rings (SSSR count). The van der Waals surface area contributed by atoms with Gasteiger partial charge in [0, 0.05) is 27.8 Å². The molecule has 2 heterocycles. The molecular weight excluding hydrogens is 337 g/mol. The second-order valence-electron chi connectivity index (χ2n) is 7.19. The van der Waals surface area contributed by atoms with Gasteiger partial charge in [-0.15, -0.1) is 0 Å². The minimum absolute atomic E-state index is 0.297. The molecule has 3 heteroatoms. The average molecular weight is 355 g/mol. The second kappa shape index (κ2) is 5.92. The molecule has 132 valence electrons. The maximum Gasteiger partial charge on any atom is 0.144 e. The number of fused-ring (bicyclic) bond motifs is 4. The van der Waals surface area contributed by atoms with E-state index in [9.17, 15) is 4.39 Å². The summed E-state index contributed by atoms with van der Waals surface area (Å²) in [6.45, 7) is 4.38. The Bertz CT molecular complexity index is 1320. The Morgan fingerprint density at radius 2 is 1.67 bits per heavy atom. The molecule has 0 unspecified atom stereocenters. The largest absolute Gasteiger partial charge is 0.455 e. The van der Waals surface area contributed by atoms with Crippen LogP contribution in [0, 0.1) is 5.82 Å². The van der Waals surface area contributed by atoms with Crippen molar-refractivity contribution in [3.63, 3.8) is 0 Å². The minimum Gasteiger partial charge on any atom is -0.455 e. The van der Waals surface area contributed by atoms with Crippen molar-refractivity contribution in [2.75, 3.05) is 0 Å². The van der Waals surface area contributed by atoms with E-state index in [1.165, 1.54) is 23.1 Å². The van der Waals surface area contributed by atoms with E-state index in [1.807, 2.05) is 36.4 Å². The van der Waals surface area contributed by atoms with E-state index in [-0.39, 0.29) is 5.82 Å². The van der Waals surface area contributed by atoms with Crippen LogP contribution in [0.15, 0.2) is 71.1 Å². The van der Waals surface area contributed by atoms with E-state index >= 15 is 0 Å². The van der Waals surface area contributed by atoms with Gasteiger partial charge in [-0.3, -0.25) is 0 Å². The number of hydrogen-bond donors (Lipinski definition) is 0. The quantitative estimate of drug-likeness (QED) is 0.339. The molecule has 0 aliphatic rings. The minimum atomic E-state index is -0.297. The van der Waals surface area contributed by atoms with E-state index in [4.69, 9.17) is 9.40 Å². The van der Waals surface area contributed by atoms with E-state index in [2.05, 4.69) is 26.0 Å². The number of rotatable bonds is 2. The average Bonchev–Trinajstić information content (AvgIpc) is 3.04. The maximum atomic E-state index is 13.6. The molecule has 0 fully saturated rings. The van der Waals surface area contributed by atoms with E-state index < -0.39 is 0 Å². The van der Waals surface area contributed by atoms with Crippen molar-refractivity contribution < 1.29 is 8.81 Å². The molecule has 0 spiro atoms. The Labute approximate surface area is 156 Å². The van der Waals surface area contributed by atoms with Crippen LogP contribution in [0.3, 0.4) is 0 Å². The van der Waals surface area contributed by atoms with Gasteiger partial charge in [0.05, 0.1) is 11.2 Å². The standard InChI is InChI=1S/C24H18FNO/c1-14(2)20-13-22(26-21-9-4-3-6-16(20)21)19-8-5-7-18-17-11-10-15(25)12-23(17)27-24(18)19/h3-14H,1-2H3. The molecule has 0 saturated carbocycles. The lowest BCUT2D eigenvalue weighted by molar-refractivity contribution is 0.618. The molecule has 5 aromatic rings. The van der Waals surface area contributed by atoms with Crippen LogP contribution in [0.4, 0.5) is 4.39 Å². The van der Waals surface area contributed by atoms with Gasteiger partial charge in [-0.1, -0.05) is 44.2 Å². The summed E-state index contributed by atoms with van der Waals surface area (Å²) in [7, 11) is 0. The number of pyridine rings is 1. The SMILES string of the molecule is CC(C)c1cc(-c2cccc3c2oc2cc(F)ccc23)nc2ccccc12. The molecule has 3 aromatic carbocycles. The van der Waals surface area contributed by atoms with Crippen molar-refractivity contribution in [2.45, 2.75) is 19.8 Å². The first-order chi connectivity index (χ1) is 13.1. The smallest absolute Gasteiger partial charge is 0.144 e. The molecule has 0 radical (unpaired) electrons. The molecule has 0 amide bonds. The van der Waals surface area contributed by atoms with E-state index in [0.29, 0.717) is 11.5 Å². The fourth-order valence-corrected chi connectivity index (χ4v) is 3.79. The highest BCUT2D eigenvalue weighted by atomic mass is 19.1. The van der Waals surface area contributed by atoms with Crippen LogP contribution >= 0.6 is 0 Å². The lowest BCUT2D eigenvalue weighted by Gasteiger charge is -2.12. The summed E-state index contributed by atoms with van der Waals surface area (Å²) in [6, 6.07) is 21.1. The molecule has 0 aliphatic carbocycles. The van der Waals surface area contributed by atoms with Crippen LogP contribution in [0.5, 0.6) is 0 Å². The summed E-state index contributed by atoms with van der Waals surface area (Å²) in [5.74, 6) is 0.0784. The zero-order valence-corrected chi connectivity index (χ0v) is 15.2. The molecule has 0 atom stereocenters. The van der Waals surface area contributed by atoms with Gasteiger partial charge in [0.25, 0.3) is 0 Å². The molecule has 27 heavy (non-hydrogen) atoms. The predicted molar refractivity (Wildman–Crippen MR) is 109 cm³/mol. The number of hydrogen-bond acceptors (Lipinski definition) is 2. The Hall–Kier alpha value is -3.20. The summed E-state index contributed by atoms with van der Waals surface area (Å²) in [4.78, 5) is 4.89. The van der Waals surface area contributed by atoms with Crippen LogP contribution in [-0.2, 0) is 0 Å². The van der Waals surface area contributed by atoms with Gasteiger partial charge < -0.3 is 4.42 Å². The van der Waals surface area contributed by atoms with Crippen molar-refractivity contribution >= 4 is 32.8 Å². The molecule has 0 bridgehead atoms. The molecule has 2 nitrogen and oxygen atoms in total. The lowest BCUT2D eigenvalue weighted by atomic mass is 9.96. The highest BCUT2D eigenvalue weighted by Crippen LogP contribution is 2.37. The number of nitrogens with zero attached hydrogens (tertiary/aromatic N) is 1. The zero-order valence-electron chi connectivity index (χ0n) is 15.2. The van der Waals surface area contributed by atoms with E-state index in [1.54, 1.807) is 6.07 Å². The normalized spacial score (nSPS) is 11.9. The van der Waals surface area contributed by atoms with Crippen LogP contribution in [-0.4, -0.2) is 4.98 Å². The topological polar surface area (TPSA) is 26.0 Å². The number of aromatic nitrogens is 1. The summed E-state index contributed by atoms with van der Waals surface area (Å²) >= 11 is 0. The fourth-order valence-electron chi connectivity index (χ4n) is 3.79. The first-order valence-electron chi connectivity index (χ1n) is 9.12. The van der Waals surface area contributed by atoms with Gasteiger partial charge in [0.1, 0.15) is 17.0 Å². The first kappa shape index (κ1) is 16.0. The van der Waals surface area contributed by atoms with Crippen molar-refractivity contribution in [1.29, 1.82) is 0 Å². The summed E-state index contributed by atoms with van der Waals surface area (Å²) in [5.41, 5.74) is 5.34. The third-order valence-corrected chi connectivity index (χ3v) is 5.11. The van der Waals surface area contributed by atoms with Crippen molar-refractivity contribution in [3.8, 4) is 11.3 Å². The molecule has 2 aromatic heterocycles. The van der Waals surface area contributed by atoms with Gasteiger partial charge in [-0.05, 0) is 41.8 Å². The van der Waals surface area contributed by atoms with Crippen LogP contribution < -0.4 is 0 Å². The molecular formula is C24H18FNO. The highest BCUT2D eigenvalue weighted by Gasteiger charge is 2.16. The van der Waals surface area contributed by atoms with Gasteiger partial charge in [-0.2, -0.15) is 0 Å². The Morgan fingerprint density at radius 3 is 2.52 bits per heavy atom. The monoisotopic (exact) mass is 355 g/mol. The van der Waals surface area contributed by atoms with Crippen LogP contribution in [0.2, 0.25) is 0 Å². The van der Waals surface area contributed by atoms with Gasteiger partial charge in [-0.25, -0.2) is 9.37 Å². The van der Waals surface area contributed by atoms with Gasteiger partial charge >= 0.3 is 0 Å². The second-order valence-corrected chi connectivity index (χ2v) is 7.19. The van der Waals surface area contributed by atoms with Crippen LogP contribution in [0.1, 0.15) is 25.3 Å². The third-order valence-electron chi connectivity index (χ3n) is 5.11. The molecule has 0 aliphatic heterocycles. The number of benzene rings is 3. The fraction of sp³-hybridized carbons (Fsp3) is 0.125. The summed E-state index contributed by atoms with van der Waals surface area (Å²) in [5, 5.41) is 3.07. The summed E-state index contributed by atoms with van der Waals surface area (Å²) in [6.07, 6.45) is 0. The number of halogens is 1. The zero-order chi connectivity index (χ0) is 18.5. The predicted octanol–water partition coefficient (Wildman–Crippen LogP) is 7.06. The third kappa shape index (κ3) is 2.50. The highest BCUT2D eigenvalue weighted by molar-refractivity contribution is 6.09. The lowest BCUT2D eigenvalue weighted by Crippen LogP contribution is -1.94. The Morgan fingerprint density at radius 1 is 0.852 bits per heavy atom. The van der Waals surface area contributed by atoms with Gasteiger partial charge in [0.2, 0.25) is 0 Å². The Kier molecular flexibility index (Phi) is 3.51. The van der Waals surface area contributed by atoms with Crippen molar-refractivity contribution in [3.05, 3.63) is 78.1 Å². The first-order valence-corrected chi connectivity index (χ1v) is 9.12. The number of furan rings is 1. The van der Waals surface area contributed by atoms with E-state index in [0.717, 1.165) is 33.1 Å². The number of para-hydroxylation sites is 2. The van der Waals surface area contributed by atoms with Gasteiger partial charge in [0.15, 0.2) is 0 Å². The van der Waals surface area contributed by atoms with Crippen molar-refractivity contribution in [2.24, 2.45) is 0 Å². The van der Waals surface area contributed by atoms with Crippen molar-refractivity contribution in [1.82, 2.24) is 4.98 Å². The Balaban J connectivity index is 1.84.